The number of nitrogens with one attached hydrogen (secondary N) is 1. The molecule has 2 amide bonds. The number of hydrogen-bond acceptors (Lipinski definition) is 2. The zero-order valence-corrected chi connectivity index (χ0v) is 13.3. The van der Waals surface area contributed by atoms with E-state index in [0.717, 1.165) is 19.5 Å². The monoisotopic (exact) mass is 312 g/mol. The van der Waals surface area contributed by atoms with Gasteiger partial charge in [-0.2, -0.15) is 0 Å². The molecular weight excluding hydrogens is 292 g/mol. The molecule has 1 saturated carbocycles. The van der Waals surface area contributed by atoms with E-state index in [4.69, 9.17) is 0 Å². The number of rotatable bonds is 3. The largest absolute Gasteiger partial charge is 0.331 e. The molecule has 1 atom stereocenters. The SMILES string of the molecule is O=C(N[C@H](c1ccccc1)C1CC1)N1CCc2sccc2C1. The maximum atomic E-state index is 12.7. The molecule has 1 aromatic heterocycles. The Morgan fingerprint density at radius 3 is 2.82 bits per heavy atom. The van der Waals surface area contributed by atoms with Gasteiger partial charge in [-0.05, 0) is 47.8 Å². The van der Waals surface area contributed by atoms with Crippen LogP contribution in [-0.4, -0.2) is 17.5 Å². The van der Waals surface area contributed by atoms with Crippen LogP contribution in [0.3, 0.4) is 0 Å². The van der Waals surface area contributed by atoms with E-state index in [2.05, 4.69) is 41.0 Å². The van der Waals surface area contributed by atoms with Gasteiger partial charge in [-0.15, -0.1) is 11.3 Å². The van der Waals surface area contributed by atoms with Crippen LogP contribution in [0.2, 0.25) is 0 Å². The lowest BCUT2D eigenvalue weighted by Gasteiger charge is -2.29. The second kappa shape index (κ2) is 5.76. The van der Waals surface area contributed by atoms with Gasteiger partial charge in [0.15, 0.2) is 0 Å². The Bertz CT molecular complexity index is 663. The number of urea groups is 1. The van der Waals surface area contributed by atoms with Gasteiger partial charge in [-0.25, -0.2) is 4.79 Å². The fourth-order valence-electron chi connectivity index (χ4n) is 3.21. The maximum Gasteiger partial charge on any atom is 0.318 e. The van der Waals surface area contributed by atoms with Gasteiger partial charge >= 0.3 is 6.03 Å². The van der Waals surface area contributed by atoms with Gasteiger partial charge in [0.2, 0.25) is 0 Å². The van der Waals surface area contributed by atoms with Crippen molar-refractivity contribution in [3.63, 3.8) is 0 Å². The standard InChI is InChI=1S/C18H20N2OS/c21-18(20-10-8-16-15(12-20)9-11-22-16)19-17(14-6-7-14)13-4-2-1-3-5-13/h1-5,9,11,14,17H,6-8,10,12H2,(H,19,21)/t17-/m1/s1. The van der Waals surface area contributed by atoms with Crippen LogP contribution in [0.5, 0.6) is 0 Å². The molecule has 1 aromatic carbocycles. The third-order valence-electron chi connectivity index (χ3n) is 4.63. The van der Waals surface area contributed by atoms with Gasteiger partial charge < -0.3 is 10.2 Å². The van der Waals surface area contributed by atoms with Crippen molar-refractivity contribution in [1.82, 2.24) is 10.2 Å². The molecule has 1 aliphatic heterocycles. The fourth-order valence-corrected chi connectivity index (χ4v) is 4.10. The van der Waals surface area contributed by atoms with Crippen molar-refractivity contribution < 1.29 is 4.79 Å². The number of nitrogens with zero attached hydrogens (tertiary/aromatic N) is 1. The molecule has 0 unspecified atom stereocenters. The third-order valence-corrected chi connectivity index (χ3v) is 5.65. The minimum Gasteiger partial charge on any atom is -0.331 e. The second-order valence-corrected chi connectivity index (χ2v) is 7.22. The summed E-state index contributed by atoms with van der Waals surface area (Å²) in [5.74, 6) is 0.604. The van der Waals surface area contributed by atoms with E-state index >= 15 is 0 Å². The zero-order chi connectivity index (χ0) is 14.9. The van der Waals surface area contributed by atoms with E-state index in [-0.39, 0.29) is 12.1 Å². The second-order valence-electron chi connectivity index (χ2n) is 6.22. The Hall–Kier alpha value is -1.81. The molecule has 114 valence electrons. The maximum absolute atomic E-state index is 12.7. The molecule has 1 fully saturated rings. The molecule has 3 nitrogen and oxygen atoms in total. The third kappa shape index (κ3) is 2.75. The molecule has 2 heterocycles. The van der Waals surface area contributed by atoms with E-state index in [0.29, 0.717) is 5.92 Å². The van der Waals surface area contributed by atoms with Gasteiger partial charge in [0.1, 0.15) is 0 Å². The Balaban J connectivity index is 1.47. The summed E-state index contributed by atoms with van der Waals surface area (Å²) in [6, 6.07) is 12.8. The molecule has 1 N–H and O–H groups in total. The quantitative estimate of drug-likeness (QED) is 0.914. The van der Waals surface area contributed by atoms with Gasteiger partial charge in [-0.3, -0.25) is 0 Å². The van der Waals surface area contributed by atoms with Crippen LogP contribution in [0.15, 0.2) is 41.8 Å². The topological polar surface area (TPSA) is 32.3 Å². The van der Waals surface area contributed by atoms with Crippen molar-refractivity contribution in [3.05, 3.63) is 57.8 Å². The summed E-state index contributed by atoms with van der Waals surface area (Å²) >= 11 is 1.81. The van der Waals surface area contributed by atoms with Crippen molar-refractivity contribution in [2.24, 2.45) is 5.92 Å². The average Bonchev–Trinajstić information content (AvgIpc) is 3.29. The van der Waals surface area contributed by atoms with E-state index in [1.807, 2.05) is 11.0 Å². The van der Waals surface area contributed by atoms with Gasteiger partial charge in [0.05, 0.1) is 6.04 Å². The van der Waals surface area contributed by atoms with Crippen molar-refractivity contribution in [1.29, 1.82) is 0 Å². The number of carbonyl (C=O) groups excluding carboxylic acids is 1. The van der Waals surface area contributed by atoms with Gasteiger partial charge in [-0.1, -0.05) is 30.3 Å². The minimum absolute atomic E-state index is 0.0811. The molecule has 4 rings (SSSR count). The predicted octanol–water partition coefficient (Wildman–Crippen LogP) is 3.97. The van der Waals surface area contributed by atoms with E-state index in [1.165, 1.54) is 28.8 Å². The molecule has 0 saturated heterocycles. The van der Waals surface area contributed by atoms with E-state index in [9.17, 15) is 4.79 Å². The van der Waals surface area contributed by atoms with Gasteiger partial charge in [0.25, 0.3) is 0 Å². The number of carbonyl (C=O) groups is 1. The summed E-state index contributed by atoms with van der Waals surface area (Å²) in [5, 5.41) is 5.41. The molecule has 4 heteroatoms. The van der Waals surface area contributed by atoms with Crippen LogP contribution in [0.1, 0.15) is 34.9 Å². The molecular formula is C18H20N2OS. The van der Waals surface area contributed by atoms with Crippen LogP contribution in [0, 0.1) is 5.92 Å². The summed E-state index contributed by atoms with van der Waals surface area (Å²) in [6.07, 6.45) is 3.42. The van der Waals surface area contributed by atoms with Crippen LogP contribution < -0.4 is 5.32 Å². The molecule has 2 aromatic rings. The summed E-state index contributed by atoms with van der Waals surface area (Å²) in [7, 11) is 0. The fraction of sp³-hybridized carbons (Fsp3) is 0.389. The van der Waals surface area contributed by atoms with Crippen molar-refractivity contribution >= 4 is 17.4 Å². The van der Waals surface area contributed by atoms with Crippen LogP contribution >= 0.6 is 11.3 Å². The van der Waals surface area contributed by atoms with Crippen LogP contribution in [-0.2, 0) is 13.0 Å². The molecule has 0 spiro atoms. The van der Waals surface area contributed by atoms with E-state index in [1.54, 1.807) is 11.3 Å². The summed E-state index contributed by atoms with van der Waals surface area (Å²) in [4.78, 5) is 16.1. The lowest BCUT2D eigenvalue weighted by molar-refractivity contribution is 0.187. The van der Waals surface area contributed by atoms with Crippen molar-refractivity contribution in [2.75, 3.05) is 6.54 Å². The Kier molecular flexibility index (Phi) is 3.62. The summed E-state index contributed by atoms with van der Waals surface area (Å²) < 4.78 is 0. The smallest absolute Gasteiger partial charge is 0.318 e. The van der Waals surface area contributed by atoms with E-state index < -0.39 is 0 Å². The first kappa shape index (κ1) is 13.8. The molecule has 0 radical (unpaired) electrons. The molecule has 22 heavy (non-hydrogen) atoms. The van der Waals surface area contributed by atoms with Gasteiger partial charge in [0, 0.05) is 18.0 Å². The number of thiophene rings is 1. The van der Waals surface area contributed by atoms with Crippen molar-refractivity contribution in [2.45, 2.75) is 31.8 Å². The highest BCUT2D eigenvalue weighted by atomic mass is 32.1. The Morgan fingerprint density at radius 1 is 1.23 bits per heavy atom. The average molecular weight is 312 g/mol. The highest BCUT2D eigenvalue weighted by molar-refractivity contribution is 7.10. The number of fused-ring (bicyclic) bond motifs is 1. The summed E-state index contributed by atoms with van der Waals surface area (Å²) in [6.45, 7) is 1.57. The number of amides is 2. The molecule has 1 aliphatic carbocycles. The minimum atomic E-state index is 0.0811. The highest BCUT2D eigenvalue weighted by Crippen LogP contribution is 2.41. The predicted molar refractivity (Wildman–Crippen MR) is 88.9 cm³/mol. The lowest BCUT2D eigenvalue weighted by Crippen LogP contribution is -2.44. The normalized spacial score (nSPS) is 18.6. The first-order valence-electron chi connectivity index (χ1n) is 7.97. The number of hydrogen-bond donors (Lipinski definition) is 1. The summed E-state index contributed by atoms with van der Waals surface area (Å²) in [5.41, 5.74) is 2.54. The zero-order valence-electron chi connectivity index (χ0n) is 12.5. The lowest BCUT2D eigenvalue weighted by atomic mass is 10.0. The molecule has 0 bridgehead atoms. The number of benzene rings is 1. The Labute approximate surface area is 135 Å². The first-order valence-corrected chi connectivity index (χ1v) is 8.85. The Morgan fingerprint density at radius 2 is 2.05 bits per heavy atom. The van der Waals surface area contributed by atoms with Crippen molar-refractivity contribution in [3.8, 4) is 0 Å². The van der Waals surface area contributed by atoms with Crippen LogP contribution in [0.25, 0.3) is 0 Å². The highest BCUT2D eigenvalue weighted by Gasteiger charge is 2.34. The first-order chi connectivity index (χ1) is 10.8. The van der Waals surface area contributed by atoms with Crippen LogP contribution in [0.4, 0.5) is 4.79 Å². The molecule has 2 aliphatic rings.